The standard InChI is InChI=1S/C31H52N4O5/c1-10-11-12-13-14-19-35(28(38)24(17-18-25(32)36)33-29(39)40-31(7,8)9)26(27(37)34-30(4,5)6)23-16-15-21(2)22(3)20-23/h15-16,20,24,26H,10-14,17-19H2,1-9H3,(H2,32,36)(H,33,39)(H,34,37). The lowest BCUT2D eigenvalue weighted by atomic mass is 9.96. The van der Waals surface area contributed by atoms with Crippen molar-refractivity contribution in [1.29, 1.82) is 0 Å². The maximum absolute atomic E-state index is 14.2. The van der Waals surface area contributed by atoms with Crippen molar-refractivity contribution in [3.05, 3.63) is 34.9 Å². The van der Waals surface area contributed by atoms with Crippen LogP contribution in [0.5, 0.6) is 0 Å². The Morgan fingerprint density at radius 3 is 2.10 bits per heavy atom. The van der Waals surface area contributed by atoms with Crippen LogP contribution in [0.25, 0.3) is 0 Å². The Kier molecular flexibility index (Phi) is 13.6. The van der Waals surface area contributed by atoms with E-state index in [1.165, 1.54) is 0 Å². The first-order valence-corrected chi connectivity index (χ1v) is 14.4. The molecule has 1 aromatic rings. The SMILES string of the molecule is CCCCCCCN(C(=O)C(CCC(N)=O)NC(=O)OC(C)(C)C)C(C(=O)NC(C)(C)C)c1ccc(C)c(C)c1. The molecule has 0 heterocycles. The molecule has 0 radical (unpaired) electrons. The zero-order valence-corrected chi connectivity index (χ0v) is 26.1. The number of hydrogen-bond donors (Lipinski definition) is 3. The van der Waals surface area contributed by atoms with E-state index in [0.717, 1.165) is 36.8 Å². The van der Waals surface area contributed by atoms with E-state index in [1.807, 2.05) is 52.8 Å². The van der Waals surface area contributed by atoms with Crippen molar-refractivity contribution >= 4 is 23.8 Å². The van der Waals surface area contributed by atoms with E-state index in [0.29, 0.717) is 18.5 Å². The molecule has 226 valence electrons. The summed E-state index contributed by atoms with van der Waals surface area (Å²) < 4.78 is 5.40. The number of alkyl carbamates (subject to hydrolysis) is 1. The van der Waals surface area contributed by atoms with Gasteiger partial charge < -0.3 is 26.0 Å². The first kappa shape index (κ1) is 34.9. The van der Waals surface area contributed by atoms with Crippen molar-refractivity contribution in [1.82, 2.24) is 15.5 Å². The molecule has 40 heavy (non-hydrogen) atoms. The minimum atomic E-state index is -1.10. The van der Waals surface area contributed by atoms with Gasteiger partial charge in [-0.05, 0) is 84.9 Å². The Morgan fingerprint density at radius 1 is 0.950 bits per heavy atom. The quantitative estimate of drug-likeness (QED) is 0.269. The topological polar surface area (TPSA) is 131 Å². The van der Waals surface area contributed by atoms with E-state index >= 15 is 0 Å². The number of nitrogens with one attached hydrogen (secondary N) is 2. The van der Waals surface area contributed by atoms with Crippen LogP contribution in [0.4, 0.5) is 4.79 Å². The molecule has 0 saturated heterocycles. The van der Waals surface area contributed by atoms with Crippen LogP contribution in [-0.2, 0) is 19.1 Å². The molecule has 9 heteroatoms. The van der Waals surface area contributed by atoms with Crippen molar-refractivity contribution in [2.45, 2.75) is 130 Å². The van der Waals surface area contributed by atoms with Crippen LogP contribution in [0, 0.1) is 13.8 Å². The van der Waals surface area contributed by atoms with E-state index in [4.69, 9.17) is 10.5 Å². The minimum absolute atomic E-state index is 0.0136. The zero-order chi connectivity index (χ0) is 30.7. The molecule has 9 nitrogen and oxygen atoms in total. The summed E-state index contributed by atoms with van der Waals surface area (Å²) in [6.07, 6.45) is 3.85. The average molecular weight is 561 g/mol. The molecule has 1 aromatic carbocycles. The van der Waals surface area contributed by atoms with E-state index < -0.39 is 41.1 Å². The van der Waals surface area contributed by atoms with Gasteiger partial charge in [0.15, 0.2) is 0 Å². The van der Waals surface area contributed by atoms with Crippen LogP contribution in [0.2, 0.25) is 0 Å². The highest BCUT2D eigenvalue weighted by Gasteiger charge is 2.37. The summed E-state index contributed by atoms with van der Waals surface area (Å²) in [5, 5.41) is 5.68. The van der Waals surface area contributed by atoms with Gasteiger partial charge in [0.1, 0.15) is 17.7 Å². The number of unbranched alkanes of at least 4 members (excludes halogenated alkanes) is 4. The number of carbonyl (C=O) groups is 4. The van der Waals surface area contributed by atoms with Crippen LogP contribution in [0.1, 0.15) is 116 Å². The molecular weight excluding hydrogens is 508 g/mol. The van der Waals surface area contributed by atoms with E-state index in [9.17, 15) is 19.2 Å². The number of aryl methyl sites for hydroxylation is 2. The van der Waals surface area contributed by atoms with Gasteiger partial charge >= 0.3 is 6.09 Å². The maximum Gasteiger partial charge on any atom is 0.408 e. The highest BCUT2D eigenvalue weighted by molar-refractivity contribution is 5.92. The summed E-state index contributed by atoms with van der Waals surface area (Å²) in [7, 11) is 0. The summed E-state index contributed by atoms with van der Waals surface area (Å²) in [6.45, 7) is 17.2. The summed E-state index contributed by atoms with van der Waals surface area (Å²) in [4.78, 5) is 54.0. The number of hydrogen-bond acceptors (Lipinski definition) is 5. The van der Waals surface area contributed by atoms with Gasteiger partial charge in [-0.1, -0.05) is 50.8 Å². The predicted molar refractivity (Wildman–Crippen MR) is 159 cm³/mol. The summed E-state index contributed by atoms with van der Waals surface area (Å²) >= 11 is 0. The lowest BCUT2D eigenvalue weighted by Crippen LogP contribution is -2.55. The normalized spacial score (nSPS) is 13.2. The maximum atomic E-state index is 14.2. The largest absolute Gasteiger partial charge is 0.444 e. The van der Waals surface area contributed by atoms with Crippen molar-refractivity contribution < 1.29 is 23.9 Å². The number of benzene rings is 1. The molecule has 0 saturated carbocycles. The van der Waals surface area contributed by atoms with Crippen LogP contribution in [-0.4, -0.2) is 52.4 Å². The molecule has 0 aromatic heterocycles. The van der Waals surface area contributed by atoms with Crippen LogP contribution < -0.4 is 16.4 Å². The smallest absolute Gasteiger partial charge is 0.408 e. The fraction of sp³-hybridized carbons (Fsp3) is 0.677. The molecule has 0 aliphatic rings. The number of nitrogens with two attached hydrogens (primary N) is 1. The second-order valence-electron chi connectivity index (χ2n) is 12.6. The van der Waals surface area contributed by atoms with E-state index in [2.05, 4.69) is 17.6 Å². The van der Waals surface area contributed by atoms with Crippen LogP contribution in [0.15, 0.2) is 18.2 Å². The Labute approximate surface area is 241 Å². The van der Waals surface area contributed by atoms with Gasteiger partial charge in [0, 0.05) is 18.5 Å². The lowest BCUT2D eigenvalue weighted by Gasteiger charge is -2.36. The second-order valence-corrected chi connectivity index (χ2v) is 12.6. The number of amides is 4. The summed E-state index contributed by atoms with van der Waals surface area (Å²) in [5.74, 6) is -1.37. The third-order valence-electron chi connectivity index (χ3n) is 6.36. The average Bonchev–Trinajstić information content (AvgIpc) is 2.80. The molecule has 4 amide bonds. The predicted octanol–water partition coefficient (Wildman–Crippen LogP) is 5.22. The molecular formula is C31H52N4O5. The lowest BCUT2D eigenvalue weighted by molar-refractivity contribution is -0.143. The number of carbonyl (C=O) groups excluding carboxylic acids is 4. The second kappa shape index (κ2) is 15.6. The summed E-state index contributed by atoms with van der Waals surface area (Å²) in [6, 6.07) is 3.70. The highest BCUT2D eigenvalue weighted by atomic mass is 16.6. The molecule has 0 bridgehead atoms. The Hall–Kier alpha value is -3.10. The van der Waals surface area contributed by atoms with E-state index in [-0.39, 0.29) is 18.7 Å². The zero-order valence-electron chi connectivity index (χ0n) is 26.1. The van der Waals surface area contributed by atoms with Gasteiger partial charge in [-0.25, -0.2) is 4.79 Å². The van der Waals surface area contributed by atoms with Gasteiger partial charge in [0.25, 0.3) is 0 Å². The van der Waals surface area contributed by atoms with Gasteiger partial charge in [-0.3, -0.25) is 14.4 Å². The Bertz CT molecular complexity index is 1010. The van der Waals surface area contributed by atoms with Crippen molar-refractivity contribution in [2.24, 2.45) is 5.73 Å². The molecule has 2 unspecified atom stereocenters. The molecule has 1 rings (SSSR count). The van der Waals surface area contributed by atoms with Crippen molar-refractivity contribution in [3.63, 3.8) is 0 Å². The third kappa shape index (κ3) is 12.8. The third-order valence-corrected chi connectivity index (χ3v) is 6.36. The van der Waals surface area contributed by atoms with Crippen molar-refractivity contribution in [2.75, 3.05) is 6.54 Å². The minimum Gasteiger partial charge on any atom is -0.444 e. The highest BCUT2D eigenvalue weighted by Crippen LogP contribution is 2.27. The van der Waals surface area contributed by atoms with Gasteiger partial charge in [-0.2, -0.15) is 0 Å². The number of ether oxygens (including phenoxy) is 1. The Morgan fingerprint density at radius 2 is 1.57 bits per heavy atom. The monoisotopic (exact) mass is 560 g/mol. The van der Waals surface area contributed by atoms with Gasteiger partial charge in [0.05, 0.1) is 0 Å². The first-order valence-electron chi connectivity index (χ1n) is 14.4. The molecule has 0 fully saturated rings. The summed E-state index contributed by atoms with van der Waals surface area (Å²) in [5.41, 5.74) is 6.83. The number of rotatable bonds is 14. The molecule has 2 atom stereocenters. The van der Waals surface area contributed by atoms with Crippen LogP contribution in [0.3, 0.4) is 0 Å². The van der Waals surface area contributed by atoms with Crippen LogP contribution >= 0.6 is 0 Å². The molecule has 0 aliphatic carbocycles. The number of nitrogens with zero attached hydrogens (tertiary/aromatic N) is 1. The van der Waals surface area contributed by atoms with Gasteiger partial charge in [0.2, 0.25) is 17.7 Å². The fourth-order valence-corrected chi connectivity index (χ4v) is 4.29. The molecule has 4 N–H and O–H groups in total. The fourth-order valence-electron chi connectivity index (χ4n) is 4.29. The molecule has 0 aliphatic heterocycles. The first-order chi connectivity index (χ1) is 18.4. The molecule has 0 spiro atoms. The van der Waals surface area contributed by atoms with Gasteiger partial charge in [-0.15, -0.1) is 0 Å². The Balaban J connectivity index is 3.58. The van der Waals surface area contributed by atoms with E-state index in [1.54, 1.807) is 25.7 Å². The van der Waals surface area contributed by atoms with Crippen molar-refractivity contribution in [3.8, 4) is 0 Å². The number of primary amides is 1.